The molecule has 1 amide bonds. The van der Waals surface area contributed by atoms with Gasteiger partial charge in [0, 0.05) is 18.8 Å². The average Bonchev–Trinajstić information content (AvgIpc) is 3.01. The van der Waals surface area contributed by atoms with E-state index in [9.17, 15) is 13.2 Å². The third-order valence-corrected chi connectivity index (χ3v) is 7.20. The van der Waals surface area contributed by atoms with Gasteiger partial charge in [-0.05, 0) is 44.7 Å². The molecular formula is C19H26N4O3S. The van der Waals surface area contributed by atoms with Crippen molar-refractivity contribution in [3.05, 3.63) is 41.2 Å². The number of hydrogen-bond donors (Lipinski definition) is 2. The lowest BCUT2D eigenvalue weighted by Gasteiger charge is -2.31. The zero-order valence-electron chi connectivity index (χ0n) is 15.9. The van der Waals surface area contributed by atoms with Gasteiger partial charge in [0.15, 0.2) is 0 Å². The number of amides is 1. The Bertz CT molecular complexity index is 917. The number of aromatic amines is 1. The van der Waals surface area contributed by atoms with E-state index in [0.717, 1.165) is 17.7 Å². The predicted molar refractivity (Wildman–Crippen MR) is 104 cm³/mol. The van der Waals surface area contributed by atoms with Crippen LogP contribution in [0.5, 0.6) is 0 Å². The third kappa shape index (κ3) is 3.91. The van der Waals surface area contributed by atoms with Crippen LogP contribution in [-0.2, 0) is 21.2 Å². The zero-order valence-corrected chi connectivity index (χ0v) is 16.8. The molecule has 7 nitrogen and oxygen atoms in total. The Hall–Kier alpha value is -2.19. The lowest BCUT2D eigenvalue weighted by molar-refractivity contribution is -0.120. The maximum Gasteiger partial charge on any atom is 0.246 e. The summed E-state index contributed by atoms with van der Waals surface area (Å²) in [7, 11) is -3.67. The molecule has 146 valence electrons. The summed E-state index contributed by atoms with van der Waals surface area (Å²) < 4.78 is 27.5. The SMILES string of the molecule is CCc1ccccc1NC(=O)C1CCCN(S(=O)(=O)c2c(C)n[nH]c2C)C1. The molecule has 1 aliphatic rings. The molecule has 2 aromatic rings. The smallest absolute Gasteiger partial charge is 0.246 e. The highest BCUT2D eigenvalue weighted by molar-refractivity contribution is 7.89. The highest BCUT2D eigenvalue weighted by Gasteiger charge is 2.35. The van der Waals surface area contributed by atoms with E-state index in [4.69, 9.17) is 0 Å². The van der Waals surface area contributed by atoms with Crippen molar-refractivity contribution in [3.8, 4) is 0 Å². The van der Waals surface area contributed by atoms with Crippen molar-refractivity contribution in [2.75, 3.05) is 18.4 Å². The topological polar surface area (TPSA) is 95.2 Å². The Balaban J connectivity index is 1.77. The number of aryl methyl sites for hydroxylation is 3. The first kappa shape index (κ1) is 19.6. The maximum atomic E-state index is 13.1. The maximum absolute atomic E-state index is 13.1. The Labute approximate surface area is 160 Å². The molecule has 1 aliphatic heterocycles. The van der Waals surface area contributed by atoms with Crippen LogP contribution in [0.4, 0.5) is 5.69 Å². The number of carbonyl (C=O) groups is 1. The first-order valence-corrected chi connectivity index (χ1v) is 10.7. The van der Waals surface area contributed by atoms with Gasteiger partial charge >= 0.3 is 0 Å². The number of piperidine rings is 1. The van der Waals surface area contributed by atoms with Crippen molar-refractivity contribution in [2.24, 2.45) is 5.92 Å². The third-order valence-electron chi connectivity index (χ3n) is 5.07. The van der Waals surface area contributed by atoms with Crippen LogP contribution in [0.2, 0.25) is 0 Å². The summed E-state index contributed by atoms with van der Waals surface area (Å²) in [6, 6.07) is 7.69. The molecule has 0 radical (unpaired) electrons. The van der Waals surface area contributed by atoms with Crippen LogP contribution in [0, 0.1) is 19.8 Å². The van der Waals surface area contributed by atoms with Crippen molar-refractivity contribution < 1.29 is 13.2 Å². The van der Waals surface area contributed by atoms with Crippen LogP contribution in [0.15, 0.2) is 29.2 Å². The van der Waals surface area contributed by atoms with Crippen molar-refractivity contribution in [2.45, 2.75) is 44.9 Å². The molecule has 1 fully saturated rings. The fourth-order valence-electron chi connectivity index (χ4n) is 3.61. The van der Waals surface area contributed by atoms with E-state index in [1.165, 1.54) is 4.31 Å². The molecule has 27 heavy (non-hydrogen) atoms. The van der Waals surface area contributed by atoms with Gasteiger partial charge in [0.25, 0.3) is 0 Å². The van der Waals surface area contributed by atoms with Gasteiger partial charge in [-0.2, -0.15) is 9.40 Å². The van der Waals surface area contributed by atoms with E-state index in [0.29, 0.717) is 30.8 Å². The van der Waals surface area contributed by atoms with Crippen LogP contribution in [0.1, 0.15) is 36.7 Å². The number of rotatable bonds is 5. The monoisotopic (exact) mass is 390 g/mol. The van der Waals surface area contributed by atoms with Crippen LogP contribution >= 0.6 is 0 Å². The molecular weight excluding hydrogens is 364 g/mol. The lowest BCUT2D eigenvalue weighted by atomic mass is 9.98. The number of sulfonamides is 1. The Morgan fingerprint density at radius 3 is 2.74 bits per heavy atom. The van der Waals surface area contributed by atoms with Crippen molar-refractivity contribution >= 4 is 21.6 Å². The van der Waals surface area contributed by atoms with Crippen molar-refractivity contribution in [1.29, 1.82) is 0 Å². The first-order chi connectivity index (χ1) is 12.8. The first-order valence-electron chi connectivity index (χ1n) is 9.25. The Morgan fingerprint density at radius 1 is 1.33 bits per heavy atom. The Morgan fingerprint density at radius 2 is 2.07 bits per heavy atom. The number of nitrogens with zero attached hydrogens (tertiary/aromatic N) is 2. The highest BCUT2D eigenvalue weighted by atomic mass is 32.2. The molecule has 0 saturated carbocycles. The second-order valence-electron chi connectivity index (χ2n) is 6.97. The summed E-state index contributed by atoms with van der Waals surface area (Å²) in [6.07, 6.45) is 2.15. The fourth-order valence-corrected chi connectivity index (χ4v) is 5.47. The number of aromatic nitrogens is 2. The van der Waals surface area contributed by atoms with Gasteiger partial charge in [-0.15, -0.1) is 0 Å². The number of H-pyrrole nitrogens is 1. The standard InChI is InChI=1S/C19H26N4O3S/c1-4-15-8-5-6-10-17(15)20-19(24)16-9-7-11-23(12-16)27(25,26)18-13(2)21-22-14(18)3/h5-6,8,10,16H,4,7,9,11-12H2,1-3H3,(H,20,24)(H,21,22). The van der Waals surface area contributed by atoms with Gasteiger partial charge in [0.05, 0.1) is 17.3 Å². The minimum Gasteiger partial charge on any atom is -0.326 e. The largest absolute Gasteiger partial charge is 0.326 e. The summed E-state index contributed by atoms with van der Waals surface area (Å²) >= 11 is 0. The van der Waals surface area contributed by atoms with Gasteiger partial charge in [0.1, 0.15) is 4.90 Å². The molecule has 2 heterocycles. The van der Waals surface area contributed by atoms with E-state index in [-0.39, 0.29) is 23.3 Å². The summed E-state index contributed by atoms with van der Waals surface area (Å²) in [5.74, 6) is -0.498. The summed E-state index contributed by atoms with van der Waals surface area (Å²) in [4.78, 5) is 13.0. The van der Waals surface area contributed by atoms with E-state index in [1.807, 2.05) is 31.2 Å². The predicted octanol–water partition coefficient (Wildman–Crippen LogP) is 2.63. The number of anilines is 1. The van der Waals surface area contributed by atoms with Gasteiger partial charge in [-0.25, -0.2) is 8.42 Å². The van der Waals surface area contributed by atoms with Crippen molar-refractivity contribution in [1.82, 2.24) is 14.5 Å². The van der Waals surface area contributed by atoms with Crippen LogP contribution in [-0.4, -0.2) is 41.9 Å². The number of nitrogens with one attached hydrogen (secondary N) is 2. The molecule has 1 aromatic carbocycles. The van der Waals surface area contributed by atoms with Crippen LogP contribution in [0.3, 0.4) is 0 Å². The van der Waals surface area contributed by atoms with Gasteiger partial charge < -0.3 is 5.32 Å². The van der Waals surface area contributed by atoms with E-state index in [2.05, 4.69) is 15.5 Å². The average molecular weight is 391 g/mol. The van der Waals surface area contributed by atoms with Crippen molar-refractivity contribution in [3.63, 3.8) is 0 Å². The number of para-hydroxylation sites is 1. The molecule has 3 rings (SSSR count). The minimum absolute atomic E-state index is 0.128. The van der Waals surface area contributed by atoms with E-state index in [1.54, 1.807) is 13.8 Å². The molecule has 1 aromatic heterocycles. The summed E-state index contributed by atoms with van der Waals surface area (Å²) in [6.45, 7) is 6.01. The molecule has 1 atom stereocenters. The molecule has 8 heteroatoms. The molecule has 2 N–H and O–H groups in total. The molecule has 0 bridgehead atoms. The molecule has 1 saturated heterocycles. The quantitative estimate of drug-likeness (QED) is 0.820. The lowest BCUT2D eigenvalue weighted by Crippen LogP contribution is -2.44. The number of hydrogen-bond acceptors (Lipinski definition) is 4. The second-order valence-corrected chi connectivity index (χ2v) is 8.84. The fraction of sp³-hybridized carbons (Fsp3) is 0.474. The molecule has 0 aliphatic carbocycles. The summed E-state index contributed by atoms with van der Waals surface area (Å²) in [5, 5.41) is 9.70. The molecule has 0 spiro atoms. The Kier molecular flexibility index (Phi) is 5.67. The number of benzene rings is 1. The molecule has 1 unspecified atom stereocenters. The summed E-state index contributed by atoms with van der Waals surface area (Å²) in [5.41, 5.74) is 2.84. The minimum atomic E-state index is -3.67. The van der Waals surface area contributed by atoms with Gasteiger partial charge in [-0.1, -0.05) is 25.1 Å². The zero-order chi connectivity index (χ0) is 19.6. The second kappa shape index (κ2) is 7.82. The highest BCUT2D eigenvalue weighted by Crippen LogP contribution is 2.27. The van der Waals surface area contributed by atoms with E-state index < -0.39 is 10.0 Å². The van der Waals surface area contributed by atoms with Gasteiger partial charge in [-0.3, -0.25) is 9.89 Å². The number of carbonyl (C=O) groups excluding carboxylic acids is 1. The van der Waals surface area contributed by atoms with Crippen LogP contribution in [0.25, 0.3) is 0 Å². The van der Waals surface area contributed by atoms with E-state index >= 15 is 0 Å². The van der Waals surface area contributed by atoms with Gasteiger partial charge in [0.2, 0.25) is 15.9 Å². The normalized spacial score (nSPS) is 18.4. The van der Waals surface area contributed by atoms with Crippen LogP contribution < -0.4 is 5.32 Å².